The molecule has 1 heterocycles. The van der Waals surface area contributed by atoms with Crippen molar-refractivity contribution in [2.24, 2.45) is 0 Å². The molecular weight excluding hydrogens is 348 g/mol. The number of carbonyl (C=O) groups is 1. The number of amides is 1. The average molecular weight is 366 g/mol. The highest BCUT2D eigenvalue weighted by molar-refractivity contribution is 5.92. The molecule has 27 heavy (non-hydrogen) atoms. The number of hydrogen-bond acceptors (Lipinski definition) is 5. The summed E-state index contributed by atoms with van der Waals surface area (Å²) in [6, 6.07) is 11.6. The molecule has 0 bridgehead atoms. The van der Waals surface area contributed by atoms with Crippen molar-refractivity contribution in [3.8, 4) is 0 Å². The number of hydrogen-bond donors (Lipinski definition) is 1. The highest BCUT2D eigenvalue weighted by Gasteiger charge is 2.14. The fourth-order valence-corrected chi connectivity index (χ4v) is 2.84. The smallest absolute Gasteiger partial charge is 0.274 e. The Hall–Kier alpha value is -3.55. The number of benzene rings is 2. The molecule has 2 aromatic carbocycles. The van der Waals surface area contributed by atoms with Gasteiger partial charge in [0.1, 0.15) is 0 Å². The van der Waals surface area contributed by atoms with Crippen LogP contribution in [0.25, 0.3) is 10.9 Å². The second-order valence-electron chi connectivity index (χ2n) is 6.12. The van der Waals surface area contributed by atoms with Gasteiger partial charge in [0, 0.05) is 19.0 Å². The number of nitro groups is 1. The largest absolute Gasteiger partial charge is 0.326 e. The van der Waals surface area contributed by atoms with Gasteiger partial charge in [0.05, 0.1) is 33.4 Å². The van der Waals surface area contributed by atoms with Crippen molar-refractivity contribution in [2.45, 2.75) is 26.3 Å². The van der Waals surface area contributed by atoms with E-state index in [0.717, 1.165) is 0 Å². The van der Waals surface area contributed by atoms with Crippen LogP contribution in [0.5, 0.6) is 0 Å². The van der Waals surface area contributed by atoms with E-state index in [1.807, 2.05) is 6.07 Å². The van der Waals surface area contributed by atoms with Gasteiger partial charge in [0.15, 0.2) is 0 Å². The van der Waals surface area contributed by atoms with Crippen molar-refractivity contribution in [2.75, 3.05) is 5.32 Å². The molecule has 0 atom stereocenters. The number of nitrogens with one attached hydrogen (secondary N) is 1. The summed E-state index contributed by atoms with van der Waals surface area (Å²) < 4.78 is 1.48. The summed E-state index contributed by atoms with van der Waals surface area (Å²) in [6.07, 6.45) is 2.11. The Labute approximate surface area is 154 Å². The molecule has 8 heteroatoms. The van der Waals surface area contributed by atoms with Gasteiger partial charge >= 0.3 is 0 Å². The minimum atomic E-state index is -0.482. The number of aromatic nitrogens is 2. The van der Waals surface area contributed by atoms with E-state index in [9.17, 15) is 19.7 Å². The van der Waals surface area contributed by atoms with E-state index in [1.54, 1.807) is 31.2 Å². The van der Waals surface area contributed by atoms with E-state index >= 15 is 0 Å². The summed E-state index contributed by atoms with van der Waals surface area (Å²) in [5.41, 5.74) is 1.28. The fraction of sp³-hybridized carbons (Fsp3) is 0.211. The van der Waals surface area contributed by atoms with Gasteiger partial charge in [0.25, 0.3) is 11.2 Å². The van der Waals surface area contributed by atoms with Crippen LogP contribution in [-0.2, 0) is 11.3 Å². The van der Waals surface area contributed by atoms with Crippen molar-refractivity contribution < 1.29 is 9.72 Å². The number of nitrogens with zero attached hydrogens (tertiary/aromatic N) is 3. The van der Waals surface area contributed by atoms with Crippen LogP contribution in [0.4, 0.5) is 11.4 Å². The first kappa shape index (κ1) is 18.2. The molecule has 0 saturated carbocycles. The monoisotopic (exact) mass is 366 g/mol. The highest BCUT2D eigenvalue weighted by atomic mass is 16.6. The molecule has 8 nitrogen and oxygen atoms in total. The van der Waals surface area contributed by atoms with E-state index in [0.29, 0.717) is 35.1 Å². The maximum absolute atomic E-state index is 12.4. The number of para-hydroxylation sites is 1. The van der Waals surface area contributed by atoms with Gasteiger partial charge in [-0.2, -0.15) is 0 Å². The first-order valence-corrected chi connectivity index (χ1v) is 8.45. The lowest BCUT2D eigenvalue weighted by atomic mass is 10.1. The number of rotatable bonds is 6. The molecule has 0 spiro atoms. The van der Waals surface area contributed by atoms with Gasteiger partial charge in [-0.15, -0.1) is 0 Å². The van der Waals surface area contributed by atoms with Crippen LogP contribution in [-0.4, -0.2) is 20.4 Å². The van der Waals surface area contributed by atoms with Crippen molar-refractivity contribution in [3.05, 3.63) is 74.8 Å². The minimum absolute atomic E-state index is 0.0402. The first-order chi connectivity index (χ1) is 13.0. The lowest BCUT2D eigenvalue weighted by Gasteiger charge is -2.09. The molecular formula is C19H18N4O4. The normalized spacial score (nSPS) is 10.7. The van der Waals surface area contributed by atoms with Crippen molar-refractivity contribution in [1.29, 1.82) is 0 Å². The Balaban J connectivity index is 1.62. The summed E-state index contributed by atoms with van der Waals surface area (Å²) >= 11 is 0. The number of aryl methyl sites for hydroxylation is 1. The summed E-state index contributed by atoms with van der Waals surface area (Å²) in [6.45, 7) is 1.95. The Morgan fingerprint density at radius 3 is 2.78 bits per heavy atom. The van der Waals surface area contributed by atoms with Crippen LogP contribution < -0.4 is 10.9 Å². The van der Waals surface area contributed by atoms with Crippen LogP contribution in [0.3, 0.4) is 0 Å². The van der Waals surface area contributed by atoms with Gasteiger partial charge in [-0.3, -0.25) is 24.3 Å². The van der Waals surface area contributed by atoms with Crippen LogP contribution in [0, 0.1) is 17.0 Å². The van der Waals surface area contributed by atoms with Gasteiger partial charge in [-0.25, -0.2) is 4.98 Å². The lowest BCUT2D eigenvalue weighted by molar-refractivity contribution is -0.385. The molecule has 0 saturated heterocycles. The Kier molecular flexibility index (Phi) is 5.25. The molecule has 0 fully saturated rings. The first-order valence-electron chi connectivity index (χ1n) is 8.45. The third kappa shape index (κ3) is 4.00. The zero-order chi connectivity index (χ0) is 19.4. The highest BCUT2D eigenvalue weighted by Crippen LogP contribution is 2.25. The van der Waals surface area contributed by atoms with Crippen LogP contribution in [0.15, 0.2) is 53.6 Å². The van der Waals surface area contributed by atoms with Crippen LogP contribution in [0.2, 0.25) is 0 Å². The minimum Gasteiger partial charge on any atom is -0.326 e. The zero-order valence-electron chi connectivity index (χ0n) is 14.7. The second-order valence-corrected chi connectivity index (χ2v) is 6.12. The topological polar surface area (TPSA) is 107 Å². The third-order valence-electron chi connectivity index (χ3n) is 4.31. The second kappa shape index (κ2) is 7.77. The van der Waals surface area contributed by atoms with Gasteiger partial charge in [-0.1, -0.05) is 18.2 Å². The average Bonchev–Trinajstić information content (AvgIpc) is 2.65. The van der Waals surface area contributed by atoms with Gasteiger partial charge in [-0.05, 0) is 31.5 Å². The van der Waals surface area contributed by atoms with E-state index in [1.165, 1.54) is 23.0 Å². The quantitative estimate of drug-likeness (QED) is 0.533. The van der Waals surface area contributed by atoms with E-state index in [2.05, 4.69) is 10.3 Å². The number of carbonyl (C=O) groups excluding carboxylic acids is 1. The molecule has 3 aromatic rings. The standard InChI is InChI=1S/C19H18N4O4/c1-13-15(8-4-9-17(13)23(26)27)21-18(24)10-5-11-22-12-20-16-7-3-2-6-14(16)19(22)25/h2-4,6-9,12H,5,10-11H2,1H3,(H,21,24). The molecule has 1 N–H and O–H groups in total. The Morgan fingerprint density at radius 1 is 1.22 bits per heavy atom. The molecule has 0 unspecified atom stereocenters. The summed E-state index contributed by atoms with van der Waals surface area (Å²) in [4.78, 5) is 39.3. The summed E-state index contributed by atoms with van der Waals surface area (Å²) in [7, 11) is 0. The Morgan fingerprint density at radius 2 is 2.00 bits per heavy atom. The molecule has 1 amide bonds. The maximum atomic E-state index is 12.4. The van der Waals surface area contributed by atoms with E-state index in [4.69, 9.17) is 0 Å². The molecule has 0 aliphatic carbocycles. The van der Waals surface area contributed by atoms with E-state index in [-0.39, 0.29) is 23.6 Å². The number of nitro benzene ring substituents is 1. The van der Waals surface area contributed by atoms with Crippen molar-refractivity contribution in [3.63, 3.8) is 0 Å². The third-order valence-corrected chi connectivity index (χ3v) is 4.31. The molecule has 0 radical (unpaired) electrons. The van der Waals surface area contributed by atoms with Crippen molar-refractivity contribution in [1.82, 2.24) is 9.55 Å². The predicted octanol–water partition coefficient (Wildman–Crippen LogP) is 3.03. The molecule has 138 valence electrons. The SMILES string of the molecule is Cc1c(NC(=O)CCCn2cnc3ccccc3c2=O)cccc1[N+](=O)[O-]. The van der Waals surface area contributed by atoms with Crippen LogP contribution >= 0.6 is 0 Å². The van der Waals surface area contributed by atoms with Crippen LogP contribution in [0.1, 0.15) is 18.4 Å². The summed E-state index contributed by atoms with van der Waals surface area (Å²) in [5.74, 6) is -0.264. The Bertz CT molecular complexity index is 1070. The number of fused-ring (bicyclic) bond motifs is 1. The fourth-order valence-electron chi connectivity index (χ4n) is 2.84. The molecule has 0 aliphatic rings. The van der Waals surface area contributed by atoms with E-state index < -0.39 is 4.92 Å². The van der Waals surface area contributed by atoms with Gasteiger partial charge in [0.2, 0.25) is 5.91 Å². The predicted molar refractivity (Wildman–Crippen MR) is 102 cm³/mol. The molecule has 3 rings (SSSR count). The zero-order valence-corrected chi connectivity index (χ0v) is 14.7. The number of anilines is 1. The molecule has 1 aromatic heterocycles. The summed E-state index contributed by atoms with van der Waals surface area (Å²) in [5, 5.41) is 14.2. The molecule has 0 aliphatic heterocycles. The lowest BCUT2D eigenvalue weighted by Crippen LogP contribution is -2.21. The van der Waals surface area contributed by atoms with Crippen molar-refractivity contribution >= 4 is 28.2 Å². The van der Waals surface area contributed by atoms with Gasteiger partial charge < -0.3 is 5.32 Å². The maximum Gasteiger partial charge on any atom is 0.274 e.